The molecular weight excluding hydrogens is 272 g/mol. The van der Waals surface area contributed by atoms with E-state index in [1.807, 2.05) is 11.0 Å². The van der Waals surface area contributed by atoms with Crippen LogP contribution in [0.4, 0.5) is 0 Å². The number of nitrogens with zero attached hydrogens (tertiary/aromatic N) is 2. The van der Waals surface area contributed by atoms with Crippen molar-refractivity contribution in [2.75, 3.05) is 13.2 Å². The zero-order chi connectivity index (χ0) is 11.1. The molecule has 5 heteroatoms. The van der Waals surface area contributed by atoms with Gasteiger partial charge in [-0.05, 0) is 28.4 Å². The molecule has 0 aromatic carbocycles. The van der Waals surface area contributed by atoms with Gasteiger partial charge in [0.25, 0.3) is 5.91 Å². The van der Waals surface area contributed by atoms with Crippen LogP contribution in [0.2, 0.25) is 0 Å². The number of hydrogen-bond donors (Lipinski definition) is 0. The van der Waals surface area contributed by atoms with Crippen LogP contribution in [0.25, 0.3) is 0 Å². The van der Waals surface area contributed by atoms with Crippen LogP contribution in [0.3, 0.4) is 0 Å². The van der Waals surface area contributed by atoms with Gasteiger partial charge in [0, 0.05) is 23.4 Å². The summed E-state index contributed by atoms with van der Waals surface area (Å²) in [5.41, 5.74) is 0.641. The van der Waals surface area contributed by atoms with Crippen LogP contribution in [0.15, 0.2) is 22.9 Å². The number of halogens is 1. The third kappa shape index (κ3) is 1.64. The summed E-state index contributed by atoms with van der Waals surface area (Å²) in [4.78, 5) is 18.1. The van der Waals surface area contributed by atoms with Crippen molar-refractivity contribution in [1.29, 1.82) is 0 Å². The number of hydrogen-bond acceptors (Lipinski definition) is 3. The summed E-state index contributed by atoms with van der Waals surface area (Å²) < 4.78 is 6.31. The van der Waals surface area contributed by atoms with Crippen LogP contribution in [0, 0.1) is 0 Å². The fourth-order valence-corrected chi connectivity index (χ4v) is 2.71. The van der Waals surface area contributed by atoms with Crippen molar-refractivity contribution >= 4 is 21.8 Å². The fourth-order valence-electron chi connectivity index (χ4n) is 2.34. The van der Waals surface area contributed by atoms with Crippen molar-refractivity contribution in [3.63, 3.8) is 0 Å². The molecule has 16 heavy (non-hydrogen) atoms. The minimum atomic E-state index is 0.0598. The number of morpholine rings is 1. The van der Waals surface area contributed by atoms with Crippen molar-refractivity contribution in [1.82, 2.24) is 9.88 Å². The van der Waals surface area contributed by atoms with E-state index in [1.165, 1.54) is 0 Å². The van der Waals surface area contributed by atoms with Crippen LogP contribution >= 0.6 is 15.9 Å². The second-order valence-electron chi connectivity index (χ2n) is 4.19. The highest BCUT2D eigenvalue weighted by molar-refractivity contribution is 9.10. The molecule has 3 heterocycles. The standard InChI is InChI=1S/C11H11BrN2O2/c12-8-1-7(3-13-4-8)11(15)14-5-10-2-9(14)6-16-10/h1,3-4,9-10H,2,5-6H2/t9-,10+/m0/s1. The summed E-state index contributed by atoms with van der Waals surface area (Å²) in [6, 6.07) is 2.07. The van der Waals surface area contributed by atoms with Gasteiger partial charge >= 0.3 is 0 Å². The maximum absolute atomic E-state index is 12.2. The molecule has 0 unspecified atom stereocenters. The van der Waals surface area contributed by atoms with E-state index in [2.05, 4.69) is 20.9 Å². The van der Waals surface area contributed by atoms with E-state index < -0.39 is 0 Å². The molecule has 0 radical (unpaired) electrons. The summed E-state index contributed by atoms with van der Waals surface area (Å²) >= 11 is 3.32. The van der Waals surface area contributed by atoms with Crippen LogP contribution in [-0.4, -0.2) is 41.1 Å². The van der Waals surface area contributed by atoms with Crippen molar-refractivity contribution in [3.8, 4) is 0 Å². The van der Waals surface area contributed by atoms with Crippen molar-refractivity contribution < 1.29 is 9.53 Å². The number of ether oxygens (including phenoxy) is 1. The van der Waals surface area contributed by atoms with Gasteiger partial charge < -0.3 is 9.64 Å². The molecule has 0 saturated carbocycles. The third-order valence-electron chi connectivity index (χ3n) is 3.11. The number of rotatable bonds is 1. The number of pyridine rings is 1. The molecule has 0 spiro atoms. The molecule has 2 aliphatic rings. The van der Waals surface area contributed by atoms with Crippen molar-refractivity contribution in [2.24, 2.45) is 0 Å². The van der Waals surface area contributed by atoms with E-state index in [1.54, 1.807) is 12.4 Å². The van der Waals surface area contributed by atoms with Gasteiger partial charge in [-0.3, -0.25) is 9.78 Å². The van der Waals surface area contributed by atoms with Gasteiger partial charge in [-0.2, -0.15) is 0 Å². The van der Waals surface area contributed by atoms with Gasteiger partial charge in [0.1, 0.15) is 0 Å². The Labute approximate surface area is 102 Å². The lowest BCUT2D eigenvalue weighted by atomic mass is 10.2. The summed E-state index contributed by atoms with van der Waals surface area (Å²) in [7, 11) is 0. The van der Waals surface area contributed by atoms with Gasteiger partial charge in [-0.25, -0.2) is 0 Å². The van der Waals surface area contributed by atoms with Gasteiger partial charge in [-0.1, -0.05) is 0 Å². The quantitative estimate of drug-likeness (QED) is 0.783. The molecule has 3 rings (SSSR count). The highest BCUT2D eigenvalue weighted by Gasteiger charge is 2.41. The molecule has 0 aliphatic carbocycles. The number of aromatic nitrogens is 1. The Morgan fingerprint density at radius 1 is 1.56 bits per heavy atom. The molecule has 84 valence electrons. The van der Waals surface area contributed by atoms with Crippen LogP contribution in [0.5, 0.6) is 0 Å². The zero-order valence-corrected chi connectivity index (χ0v) is 10.2. The summed E-state index contributed by atoms with van der Waals surface area (Å²) in [5.74, 6) is 0.0598. The lowest BCUT2D eigenvalue weighted by Gasteiger charge is -2.26. The summed E-state index contributed by atoms with van der Waals surface area (Å²) in [5, 5.41) is 0. The first kappa shape index (κ1) is 10.2. The minimum Gasteiger partial charge on any atom is -0.374 e. The Balaban J connectivity index is 1.83. The van der Waals surface area contributed by atoms with E-state index in [0.29, 0.717) is 12.2 Å². The third-order valence-corrected chi connectivity index (χ3v) is 3.55. The average molecular weight is 283 g/mol. The zero-order valence-electron chi connectivity index (χ0n) is 8.60. The Bertz CT molecular complexity index is 438. The first-order valence-corrected chi connectivity index (χ1v) is 6.06. The number of carbonyl (C=O) groups excluding carboxylic acids is 1. The Kier molecular flexibility index (Phi) is 2.44. The van der Waals surface area contributed by atoms with E-state index in [4.69, 9.17) is 4.74 Å². The van der Waals surface area contributed by atoms with Crippen LogP contribution in [-0.2, 0) is 4.74 Å². The average Bonchev–Trinajstić information content (AvgIpc) is 2.89. The maximum atomic E-state index is 12.2. The Hall–Kier alpha value is -0.940. The number of likely N-dealkylation sites (tertiary alicyclic amines) is 1. The highest BCUT2D eigenvalue weighted by atomic mass is 79.9. The monoisotopic (exact) mass is 282 g/mol. The predicted octanol–water partition coefficient (Wildman–Crippen LogP) is 1.46. The molecule has 2 saturated heterocycles. The predicted molar refractivity (Wildman–Crippen MR) is 61.1 cm³/mol. The number of amides is 1. The molecule has 1 amide bonds. The number of carbonyl (C=O) groups is 1. The lowest BCUT2D eigenvalue weighted by molar-refractivity contribution is 0.0259. The van der Waals surface area contributed by atoms with Gasteiger partial charge in [0.15, 0.2) is 0 Å². The SMILES string of the molecule is O=C(c1cncc(Br)c1)N1C[C@H]2C[C@H]1CO2. The van der Waals surface area contributed by atoms with E-state index in [9.17, 15) is 4.79 Å². The van der Waals surface area contributed by atoms with Gasteiger partial charge in [0.2, 0.25) is 0 Å². The first-order valence-electron chi connectivity index (χ1n) is 5.27. The first-order chi connectivity index (χ1) is 7.74. The van der Waals surface area contributed by atoms with Gasteiger partial charge in [-0.15, -0.1) is 0 Å². The smallest absolute Gasteiger partial charge is 0.255 e. The largest absolute Gasteiger partial charge is 0.374 e. The van der Waals surface area contributed by atoms with Crippen LogP contribution in [0.1, 0.15) is 16.8 Å². The fraction of sp³-hybridized carbons (Fsp3) is 0.455. The Morgan fingerprint density at radius 3 is 3.06 bits per heavy atom. The highest BCUT2D eigenvalue weighted by Crippen LogP contribution is 2.29. The normalized spacial score (nSPS) is 27.4. The molecule has 2 atom stereocenters. The summed E-state index contributed by atoms with van der Waals surface area (Å²) in [6.07, 6.45) is 4.51. The second-order valence-corrected chi connectivity index (χ2v) is 5.11. The lowest BCUT2D eigenvalue weighted by Crippen LogP contribution is -2.41. The molecule has 2 aliphatic heterocycles. The van der Waals surface area contributed by atoms with E-state index >= 15 is 0 Å². The number of fused-ring (bicyclic) bond motifs is 2. The minimum absolute atomic E-state index is 0.0598. The molecule has 0 N–H and O–H groups in total. The second kappa shape index (κ2) is 3.82. The van der Waals surface area contributed by atoms with E-state index in [-0.39, 0.29) is 18.1 Å². The topological polar surface area (TPSA) is 42.4 Å². The maximum Gasteiger partial charge on any atom is 0.255 e. The van der Waals surface area contributed by atoms with Crippen LogP contribution < -0.4 is 0 Å². The molecule has 2 bridgehead atoms. The molecule has 4 nitrogen and oxygen atoms in total. The molecule has 2 fully saturated rings. The molecular formula is C11H11BrN2O2. The van der Waals surface area contributed by atoms with E-state index in [0.717, 1.165) is 17.4 Å². The Morgan fingerprint density at radius 2 is 2.44 bits per heavy atom. The molecule has 1 aromatic heterocycles. The van der Waals surface area contributed by atoms with Gasteiger partial charge in [0.05, 0.1) is 24.3 Å². The van der Waals surface area contributed by atoms with Crippen molar-refractivity contribution in [3.05, 3.63) is 28.5 Å². The van der Waals surface area contributed by atoms with Crippen molar-refractivity contribution in [2.45, 2.75) is 18.6 Å². The summed E-state index contributed by atoms with van der Waals surface area (Å²) in [6.45, 7) is 1.40. The molecule has 1 aromatic rings.